The second-order valence-corrected chi connectivity index (χ2v) is 7.31. The van der Waals surface area contributed by atoms with Crippen molar-refractivity contribution in [3.05, 3.63) is 41.2 Å². The van der Waals surface area contributed by atoms with Crippen LogP contribution in [0.1, 0.15) is 44.1 Å². The van der Waals surface area contributed by atoms with Crippen molar-refractivity contribution in [2.45, 2.75) is 59.6 Å². The molecular weight excluding hydrogens is 356 g/mol. The van der Waals surface area contributed by atoms with Crippen LogP contribution >= 0.6 is 0 Å². The fourth-order valence-corrected chi connectivity index (χ4v) is 3.28. The third kappa shape index (κ3) is 3.98. The van der Waals surface area contributed by atoms with Gasteiger partial charge in [0.2, 0.25) is 0 Å². The van der Waals surface area contributed by atoms with E-state index in [2.05, 4.69) is 10.4 Å². The Hall–Kier alpha value is -2.96. The number of carbonyl (C=O) groups excluding carboxylic acids is 2. The summed E-state index contributed by atoms with van der Waals surface area (Å²) in [6.45, 7) is 9.22. The Labute approximate surface area is 164 Å². The summed E-state index contributed by atoms with van der Waals surface area (Å²) in [5, 5.41) is 8.37. The number of aromatic nitrogens is 3. The maximum absolute atomic E-state index is 12.2. The second-order valence-electron chi connectivity index (χ2n) is 7.31. The number of esters is 1. The highest BCUT2D eigenvalue weighted by Crippen LogP contribution is 2.23. The van der Waals surface area contributed by atoms with E-state index in [1.807, 2.05) is 56.5 Å². The van der Waals surface area contributed by atoms with Crippen molar-refractivity contribution in [1.82, 2.24) is 19.9 Å². The average molecular weight is 382 g/mol. The summed E-state index contributed by atoms with van der Waals surface area (Å²) >= 11 is 0. The first-order valence-corrected chi connectivity index (χ1v) is 9.51. The Morgan fingerprint density at radius 3 is 2.61 bits per heavy atom. The molecule has 1 atom stereocenters. The first-order chi connectivity index (χ1) is 13.3. The van der Waals surface area contributed by atoms with Crippen LogP contribution in [0.2, 0.25) is 0 Å². The van der Waals surface area contributed by atoms with Crippen LogP contribution in [0.5, 0.6) is 0 Å². The first kappa shape index (κ1) is 19.8. The number of benzene rings is 1. The number of amides is 1. The summed E-state index contributed by atoms with van der Waals surface area (Å²) in [4.78, 5) is 28.8. The largest absolute Gasteiger partial charge is 0.453 e. The van der Waals surface area contributed by atoms with E-state index in [4.69, 9.17) is 9.72 Å². The third-order valence-corrected chi connectivity index (χ3v) is 4.71. The summed E-state index contributed by atoms with van der Waals surface area (Å²) in [6, 6.07) is 7.88. The number of hydrogen-bond acceptors (Lipinski definition) is 5. The molecule has 0 radical (unpaired) electrons. The predicted molar refractivity (Wildman–Crippen MR) is 107 cm³/mol. The Morgan fingerprint density at radius 1 is 1.18 bits per heavy atom. The van der Waals surface area contributed by atoms with E-state index in [9.17, 15) is 9.59 Å². The van der Waals surface area contributed by atoms with Crippen LogP contribution in [-0.2, 0) is 20.7 Å². The van der Waals surface area contributed by atoms with Gasteiger partial charge in [0.15, 0.2) is 11.8 Å². The van der Waals surface area contributed by atoms with E-state index in [1.165, 1.54) is 0 Å². The van der Waals surface area contributed by atoms with Crippen LogP contribution < -0.4 is 5.32 Å². The normalized spacial score (nSPS) is 12.5. The summed E-state index contributed by atoms with van der Waals surface area (Å²) < 4.78 is 7.09. The zero-order chi connectivity index (χ0) is 20.4. The van der Waals surface area contributed by atoms with Gasteiger partial charge in [0.1, 0.15) is 0 Å². The third-order valence-electron chi connectivity index (χ3n) is 4.71. The molecule has 148 valence electrons. The molecule has 0 spiro atoms. The molecular formula is C21H26N4O3. The van der Waals surface area contributed by atoms with E-state index in [-0.39, 0.29) is 18.4 Å². The zero-order valence-corrected chi connectivity index (χ0v) is 16.9. The molecule has 0 bridgehead atoms. The summed E-state index contributed by atoms with van der Waals surface area (Å²) in [5.41, 5.74) is 4.50. The van der Waals surface area contributed by atoms with E-state index in [0.29, 0.717) is 6.42 Å². The van der Waals surface area contributed by atoms with Crippen molar-refractivity contribution < 1.29 is 14.3 Å². The average Bonchev–Trinajstić information content (AvgIpc) is 3.00. The van der Waals surface area contributed by atoms with Crippen LogP contribution in [-0.4, -0.2) is 38.6 Å². The van der Waals surface area contributed by atoms with Gasteiger partial charge < -0.3 is 10.1 Å². The first-order valence-electron chi connectivity index (χ1n) is 9.51. The molecule has 0 aliphatic rings. The Morgan fingerprint density at radius 2 is 1.89 bits per heavy atom. The van der Waals surface area contributed by atoms with Gasteiger partial charge in [-0.1, -0.05) is 12.1 Å². The van der Waals surface area contributed by atoms with E-state index < -0.39 is 12.1 Å². The van der Waals surface area contributed by atoms with Crippen molar-refractivity contribution in [2.24, 2.45) is 0 Å². The molecule has 0 fully saturated rings. The molecule has 3 rings (SSSR count). The Kier molecular flexibility index (Phi) is 5.63. The number of aryl methyl sites for hydroxylation is 2. The molecule has 2 aromatic heterocycles. The fourth-order valence-electron chi connectivity index (χ4n) is 3.28. The number of carbonyl (C=O) groups is 2. The quantitative estimate of drug-likeness (QED) is 0.663. The lowest BCUT2D eigenvalue weighted by Gasteiger charge is -2.16. The highest BCUT2D eigenvalue weighted by molar-refractivity contribution is 5.92. The zero-order valence-electron chi connectivity index (χ0n) is 16.9. The van der Waals surface area contributed by atoms with Crippen molar-refractivity contribution in [3.8, 4) is 0 Å². The number of nitrogens with one attached hydrogen (secondary N) is 1. The lowest BCUT2D eigenvalue weighted by molar-refractivity contribution is -0.155. The highest BCUT2D eigenvalue weighted by Gasteiger charge is 2.19. The van der Waals surface area contributed by atoms with Crippen LogP contribution in [0.3, 0.4) is 0 Å². The van der Waals surface area contributed by atoms with Gasteiger partial charge in [-0.05, 0) is 58.7 Å². The van der Waals surface area contributed by atoms with Gasteiger partial charge in [-0.3, -0.25) is 9.59 Å². The van der Waals surface area contributed by atoms with Gasteiger partial charge in [-0.2, -0.15) is 5.10 Å². The molecule has 0 saturated heterocycles. The smallest absolute Gasteiger partial charge is 0.306 e. The number of fused-ring (bicyclic) bond motifs is 3. The topological polar surface area (TPSA) is 85.6 Å². The van der Waals surface area contributed by atoms with Crippen LogP contribution in [0.15, 0.2) is 24.3 Å². The monoisotopic (exact) mass is 382 g/mol. The minimum absolute atomic E-state index is 0.00124. The van der Waals surface area contributed by atoms with Gasteiger partial charge in [0, 0.05) is 29.2 Å². The van der Waals surface area contributed by atoms with Crippen molar-refractivity contribution in [1.29, 1.82) is 0 Å². The number of nitrogens with zero attached hydrogens (tertiary/aromatic N) is 3. The van der Waals surface area contributed by atoms with E-state index >= 15 is 0 Å². The standard InChI is InChI=1S/C21H26N4O3/c1-12(2)22-21(27)15(5)28-19(26)11-10-16-13(3)23-20-17-8-6-7-9-18(17)24-25(20)14(16)4/h6-9,12,15H,10-11H2,1-5H3,(H,22,27). The molecule has 0 aliphatic carbocycles. The number of ether oxygens (including phenoxy) is 1. The molecule has 2 heterocycles. The molecule has 7 nitrogen and oxygen atoms in total. The lowest BCUT2D eigenvalue weighted by atomic mass is 10.1. The van der Waals surface area contributed by atoms with Crippen molar-refractivity contribution >= 4 is 28.4 Å². The highest BCUT2D eigenvalue weighted by atomic mass is 16.5. The van der Waals surface area contributed by atoms with Crippen molar-refractivity contribution in [2.75, 3.05) is 0 Å². The Balaban J connectivity index is 1.75. The van der Waals surface area contributed by atoms with E-state index in [1.54, 1.807) is 6.92 Å². The van der Waals surface area contributed by atoms with Crippen LogP contribution in [0.25, 0.3) is 16.6 Å². The molecule has 1 N–H and O–H groups in total. The summed E-state index contributed by atoms with van der Waals surface area (Å²) in [6.07, 6.45) is -0.155. The minimum atomic E-state index is -0.811. The molecule has 7 heteroatoms. The van der Waals surface area contributed by atoms with Gasteiger partial charge in [0.25, 0.3) is 5.91 Å². The fraction of sp³-hybridized carbons (Fsp3) is 0.429. The second kappa shape index (κ2) is 7.96. The van der Waals surface area contributed by atoms with Gasteiger partial charge in [0.05, 0.1) is 5.52 Å². The molecule has 1 unspecified atom stereocenters. The number of hydrogen-bond donors (Lipinski definition) is 1. The molecule has 0 saturated carbocycles. The van der Waals surface area contributed by atoms with Crippen molar-refractivity contribution in [3.63, 3.8) is 0 Å². The molecule has 28 heavy (non-hydrogen) atoms. The Bertz CT molecular complexity index is 1040. The van der Waals surface area contributed by atoms with Crippen LogP contribution in [0, 0.1) is 13.8 Å². The van der Waals surface area contributed by atoms with Gasteiger partial charge in [-0.15, -0.1) is 0 Å². The molecule has 3 aromatic rings. The maximum atomic E-state index is 12.2. The lowest BCUT2D eigenvalue weighted by Crippen LogP contribution is -2.39. The van der Waals surface area contributed by atoms with Gasteiger partial charge in [-0.25, -0.2) is 9.50 Å². The van der Waals surface area contributed by atoms with E-state index in [0.717, 1.165) is 33.5 Å². The molecule has 1 aromatic carbocycles. The number of rotatable bonds is 6. The SMILES string of the molecule is Cc1nc2c3ccccc3nn2c(C)c1CCC(=O)OC(C)C(=O)NC(C)C. The maximum Gasteiger partial charge on any atom is 0.306 e. The molecule has 0 aliphatic heterocycles. The summed E-state index contributed by atoms with van der Waals surface area (Å²) in [5.74, 6) is -0.696. The predicted octanol–water partition coefficient (Wildman–Crippen LogP) is 2.89. The molecule has 1 amide bonds. The van der Waals surface area contributed by atoms with Crippen LogP contribution in [0.4, 0.5) is 0 Å². The minimum Gasteiger partial charge on any atom is -0.453 e. The van der Waals surface area contributed by atoms with Gasteiger partial charge >= 0.3 is 5.97 Å². The summed E-state index contributed by atoms with van der Waals surface area (Å²) in [7, 11) is 0.